The van der Waals surface area contributed by atoms with Crippen LogP contribution in [0.1, 0.15) is 19.4 Å². The highest BCUT2D eigenvalue weighted by Crippen LogP contribution is 2.38. The number of aryl methyl sites for hydroxylation is 1. The summed E-state index contributed by atoms with van der Waals surface area (Å²) < 4.78 is 10.4. The summed E-state index contributed by atoms with van der Waals surface area (Å²) in [5.41, 5.74) is 0.686. The first-order valence-electron chi connectivity index (χ1n) is 5.98. The van der Waals surface area contributed by atoms with Crippen LogP contribution >= 0.6 is 11.6 Å². The molecule has 104 valence electrons. The van der Waals surface area contributed by atoms with Crippen LogP contribution in [0, 0.1) is 6.92 Å². The lowest BCUT2D eigenvalue weighted by molar-refractivity contribution is -0.132. The third-order valence-electron chi connectivity index (χ3n) is 2.70. The van der Waals surface area contributed by atoms with Gasteiger partial charge in [0, 0.05) is 29.6 Å². The zero-order valence-corrected chi connectivity index (χ0v) is 12.1. The van der Waals surface area contributed by atoms with Crippen LogP contribution in [-0.2, 0) is 9.59 Å². The summed E-state index contributed by atoms with van der Waals surface area (Å²) in [5.74, 6) is -0.000955. The summed E-state index contributed by atoms with van der Waals surface area (Å²) >= 11 is 5.99. The van der Waals surface area contributed by atoms with E-state index >= 15 is 0 Å². The maximum absolute atomic E-state index is 11.2. The van der Waals surface area contributed by atoms with Crippen LogP contribution < -0.4 is 9.47 Å². The van der Waals surface area contributed by atoms with E-state index in [0.29, 0.717) is 32.9 Å². The monoisotopic (exact) mass is 292 g/mol. The highest BCUT2D eigenvalue weighted by Gasteiger charge is 2.15. The number of fused-ring (bicyclic) bond motifs is 1. The Bertz CT molecular complexity index is 707. The van der Waals surface area contributed by atoms with E-state index in [-0.39, 0.29) is 0 Å². The van der Waals surface area contributed by atoms with Crippen molar-refractivity contribution in [1.29, 1.82) is 0 Å². The molecule has 0 atom stereocenters. The Labute approximate surface area is 121 Å². The minimum atomic E-state index is -0.422. The van der Waals surface area contributed by atoms with E-state index in [9.17, 15) is 9.59 Å². The van der Waals surface area contributed by atoms with Crippen molar-refractivity contribution in [2.45, 2.75) is 20.8 Å². The van der Waals surface area contributed by atoms with Gasteiger partial charge in [0.1, 0.15) is 11.5 Å². The van der Waals surface area contributed by atoms with E-state index in [1.165, 1.54) is 13.8 Å². The van der Waals surface area contributed by atoms with Crippen LogP contribution in [-0.4, -0.2) is 11.9 Å². The molecule has 0 aromatic heterocycles. The number of hydrogen-bond donors (Lipinski definition) is 0. The Kier molecular flexibility index (Phi) is 3.95. The van der Waals surface area contributed by atoms with E-state index in [4.69, 9.17) is 21.1 Å². The summed E-state index contributed by atoms with van der Waals surface area (Å²) in [7, 11) is 0. The highest BCUT2D eigenvalue weighted by molar-refractivity contribution is 6.31. The smallest absolute Gasteiger partial charge is 0.308 e. The third kappa shape index (κ3) is 2.91. The first-order chi connectivity index (χ1) is 9.38. The Morgan fingerprint density at radius 2 is 1.65 bits per heavy atom. The minimum absolute atomic E-state index is 0.414. The topological polar surface area (TPSA) is 52.6 Å². The molecule has 0 aliphatic carbocycles. The van der Waals surface area contributed by atoms with Crippen molar-refractivity contribution in [2.24, 2.45) is 0 Å². The lowest BCUT2D eigenvalue weighted by Crippen LogP contribution is -2.06. The third-order valence-corrected chi connectivity index (χ3v) is 2.93. The standard InChI is InChI=1S/C15H13ClO4/c1-8-6-14(19-9(2)17)12-5-4-11(16)7-13(12)15(8)20-10(3)18/h4-7H,1-3H3. The van der Waals surface area contributed by atoms with Crippen LogP contribution in [0.15, 0.2) is 24.3 Å². The van der Waals surface area contributed by atoms with Gasteiger partial charge in [-0.1, -0.05) is 11.6 Å². The van der Waals surface area contributed by atoms with Gasteiger partial charge in [-0.2, -0.15) is 0 Å². The van der Waals surface area contributed by atoms with Gasteiger partial charge in [-0.25, -0.2) is 0 Å². The number of halogens is 1. The van der Waals surface area contributed by atoms with Crippen molar-refractivity contribution in [2.75, 3.05) is 0 Å². The Hall–Kier alpha value is -2.07. The van der Waals surface area contributed by atoms with Gasteiger partial charge in [0.25, 0.3) is 0 Å². The Morgan fingerprint density at radius 3 is 2.25 bits per heavy atom. The first-order valence-corrected chi connectivity index (χ1v) is 6.36. The molecule has 2 rings (SSSR count). The molecule has 2 aromatic rings. The normalized spacial score (nSPS) is 10.4. The van der Waals surface area contributed by atoms with Crippen molar-refractivity contribution in [1.82, 2.24) is 0 Å². The number of hydrogen-bond acceptors (Lipinski definition) is 4. The van der Waals surface area contributed by atoms with Crippen molar-refractivity contribution in [3.63, 3.8) is 0 Å². The second kappa shape index (κ2) is 5.51. The molecular weight excluding hydrogens is 280 g/mol. The molecule has 0 aliphatic heterocycles. The first kappa shape index (κ1) is 14.3. The molecule has 0 heterocycles. The number of rotatable bonds is 2. The lowest BCUT2D eigenvalue weighted by Gasteiger charge is -2.13. The molecule has 0 aliphatic rings. The number of ether oxygens (including phenoxy) is 2. The summed E-state index contributed by atoms with van der Waals surface area (Å²) in [6, 6.07) is 6.75. The molecule has 0 N–H and O–H groups in total. The number of benzene rings is 2. The predicted octanol–water partition coefficient (Wildman–Crippen LogP) is 3.65. The van der Waals surface area contributed by atoms with Crippen molar-refractivity contribution in [3.8, 4) is 11.5 Å². The van der Waals surface area contributed by atoms with Crippen LogP contribution in [0.5, 0.6) is 11.5 Å². The second-order valence-electron chi connectivity index (χ2n) is 4.40. The van der Waals surface area contributed by atoms with Crippen molar-refractivity contribution < 1.29 is 19.1 Å². The van der Waals surface area contributed by atoms with Gasteiger partial charge >= 0.3 is 11.9 Å². The summed E-state index contributed by atoms with van der Waals surface area (Å²) in [6.07, 6.45) is 0. The fourth-order valence-corrected chi connectivity index (χ4v) is 2.16. The van der Waals surface area contributed by atoms with E-state index in [1.54, 1.807) is 31.2 Å². The van der Waals surface area contributed by atoms with Crippen molar-refractivity contribution in [3.05, 3.63) is 34.9 Å². The van der Waals surface area contributed by atoms with Gasteiger partial charge in [0.15, 0.2) is 0 Å². The SMILES string of the molecule is CC(=O)Oc1cc(C)c(OC(C)=O)c2cc(Cl)ccc12. The van der Waals surface area contributed by atoms with Gasteiger partial charge in [0.05, 0.1) is 0 Å². The maximum Gasteiger partial charge on any atom is 0.308 e. The van der Waals surface area contributed by atoms with Gasteiger partial charge in [-0.05, 0) is 36.8 Å². The second-order valence-corrected chi connectivity index (χ2v) is 4.83. The molecule has 0 saturated carbocycles. The summed E-state index contributed by atoms with van der Waals surface area (Å²) in [6.45, 7) is 4.43. The van der Waals surface area contributed by atoms with Gasteiger partial charge < -0.3 is 9.47 Å². The Balaban J connectivity index is 2.74. The molecule has 2 aromatic carbocycles. The molecule has 0 amide bonds. The fraction of sp³-hybridized carbons (Fsp3) is 0.200. The highest BCUT2D eigenvalue weighted by atomic mass is 35.5. The molecule has 20 heavy (non-hydrogen) atoms. The summed E-state index contributed by atoms with van der Waals surface area (Å²) in [4.78, 5) is 22.4. The molecule has 4 nitrogen and oxygen atoms in total. The van der Waals surface area contributed by atoms with Crippen LogP contribution in [0.25, 0.3) is 10.8 Å². The van der Waals surface area contributed by atoms with Crippen molar-refractivity contribution >= 4 is 34.3 Å². The zero-order chi connectivity index (χ0) is 14.9. The Morgan fingerprint density at radius 1 is 1.00 bits per heavy atom. The average Bonchev–Trinajstić information content (AvgIpc) is 2.32. The number of esters is 2. The van der Waals surface area contributed by atoms with Gasteiger partial charge in [-0.15, -0.1) is 0 Å². The predicted molar refractivity (Wildman–Crippen MR) is 76.3 cm³/mol. The minimum Gasteiger partial charge on any atom is -0.426 e. The van der Waals surface area contributed by atoms with E-state index < -0.39 is 11.9 Å². The molecule has 5 heteroatoms. The van der Waals surface area contributed by atoms with E-state index in [2.05, 4.69) is 0 Å². The molecule has 0 bridgehead atoms. The number of carbonyl (C=O) groups is 2. The molecular formula is C15H13ClO4. The lowest BCUT2D eigenvalue weighted by atomic mass is 10.0. The molecule has 0 radical (unpaired) electrons. The van der Waals surface area contributed by atoms with E-state index in [1.807, 2.05) is 0 Å². The molecule has 0 fully saturated rings. The van der Waals surface area contributed by atoms with Gasteiger partial charge in [0.2, 0.25) is 0 Å². The zero-order valence-electron chi connectivity index (χ0n) is 11.3. The van der Waals surface area contributed by atoms with Crippen LogP contribution in [0.4, 0.5) is 0 Å². The van der Waals surface area contributed by atoms with Crippen LogP contribution in [0.3, 0.4) is 0 Å². The fourth-order valence-electron chi connectivity index (χ4n) is 1.99. The average molecular weight is 293 g/mol. The van der Waals surface area contributed by atoms with E-state index in [0.717, 1.165) is 0 Å². The molecule has 0 unspecified atom stereocenters. The molecule has 0 spiro atoms. The quantitative estimate of drug-likeness (QED) is 0.626. The van der Waals surface area contributed by atoms with Crippen LogP contribution in [0.2, 0.25) is 5.02 Å². The number of carbonyl (C=O) groups excluding carboxylic acids is 2. The summed E-state index contributed by atoms with van der Waals surface area (Å²) in [5, 5.41) is 1.79. The maximum atomic E-state index is 11.2. The van der Waals surface area contributed by atoms with Gasteiger partial charge in [-0.3, -0.25) is 9.59 Å². The molecule has 0 saturated heterocycles. The largest absolute Gasteiger partial charge is 0.426 e.